The number of nitrogens with zero attached hydrogens (tertiary/aromatic N) is 1. The van der Waals surface area contributed by atoms with Gasteiger partial charge in [0.2, 0.25) is 0 Å². The molecule has 0 radical (unpaired) electrons. The number of hydrogen-bond acceptors (Lipinski definition) is 7. The molecule has 2 aromatic rings. The molecule has 9 heteroatoms. The van der Waals surface area contributed by atoms with Crippen LogP contribution in [0.5, 0.6) is 0 Å². The fourth-order valence-corrected chi connectivity index (χ4v) is 6.76. The predicted octanol–water partition coefficient (Wildman–Crippen LogP) is 4.98. The average Bonchev–Trinajstić information content (AvgIpc) is 3.29. The molecule has 2 heterocycles. The zero-order valence-electron chi connectivity index (χ0n) is 19.3. The number of thioether (sulfide) groups is 1. The Morgan fingerprint density at radius 1 is 1.26 bits per heavy atom. The Kier molecular flexibility index (Phi) is 7.54. The maximum absolute atomic E-state index is 13.6. The fourth-order valence-electron chi connectivity index (χ4n) is 4.13. The van der Waals surface area contributed by atoms with Crippen molar-refractivity contribution in [3.8, 4) is 0 Å². The maximum atomic E-state index is 13.6. The van der Waals surface area contributed by atoms with Crippen LogP contribution in [0.2, 0.25) is 0 Å². The monoisotopic (exact) mass is 514 g/mol. The van der Waals surface area contributed by atoms with Gasteiger partial charge in [0.1, 0.15) is 9.32 Å². The van der Waals surface area contributed by atoms with Crippen molar-refractivity contribution in [1.29, 1.82) is 0 Å². The Morgan fingerprint density at radius 3 is 2.65 bits per heavy atom. The van der Waals surface area contributed by atoms with Gasteiger partial charge >= 0.3 is 5.97 Å². The van der Waals surface area contributed by atoms with Crippen LogP contribution >= 0.6 is 35.3 Å². The number of ether oxygens (including phenoxy) is 1. The summed E-state index contributed by atoms with van der Waals surface area (Å²) in [7, 11) is 1.61. The number of hydrogen-bond donors (Lipinski definition) is 1. The minimum absolute atomic E-state index is 0.255. The molecule has 1 saturated heterocycles. The maximum Gasteiger partial charge on any atom is 0.341 e. The average molecular weight is 515 g/mol. The molecule has 1 aliphatic heterocycles. The highest BCUT2D eigenvalue weighted by molar-refractivity contribution is 8.26. The van der Waals surface area contributed by atoms with Gasteiger partial charge in [0.25, 0.3) is 11.8 Å². The van der Waals surface area contributed by atoms with E-state index in [0.29, 0.717) is 31.3 Å². The molecule has 6 nitrogen and oxygen atoms in total. The quantitative estimate of drug-likeness (QED) is 0.333. The number of carbonyl (C=O) groups excluding carboxylic acids is 3. The van der Waals surface area contributed by atoms with Crippen molar-refractivity contribution in [1.82, 2.24) is 4.90 Å². The molecule has 34 heavy (non-hydrogen) atoms. The molecule has 1 fully saturated rings. The Labute approximate surface area is 212 Å². The molecular formula is C25H26N2O4S3. The van der Waals surface area contributed by atoms with E-state index >= 15 is 0 Å². The lowest BCUT2D eigenvalue weighted by atomic mass is 9.88. The predicted molar refractivity (Wildman–Crippen MR) is 140 cm³/mol. The number of benzene rings is 1. The second kappa shape index (κ2) is 10.4. The standard InChI is InChI=1S/C25H26N2O4S3/c1-4-31-24(30)19-16-11-10-14(2)12-18(16)33-22(19)26-21(28)17(13-15-8-6-5-7-9-15)20-23(29)27(3)25(32)34-20/h5-9,14H,4,10-13H2,1-3H3,(H,26,28)/b20-17+. The van der Waals surface area contributed by atoms with Gasteiger partial charge in [-0.2, -0.15) is 0 Å². The largest absolute Gasteiger partial charge is 0.462 e. The molecule has 178 valence electrons. The van der Waals surface area contributed by atoms with E-state index in [1.165, 1.54) is 16.2 Å². The lowest BCUT2D eigenvalue weighted by Gasteiger charge is -2.18. The summed E-state index contributed by atoms with van der Waals surface area (Å²) in [5.74, 6) is -0.602. The van der Waals surface area contributed by atoms with E-state index in [-0.39, 0.29) is 18.9 Å². The van der Waals surface area contributed by atoms with E-state index in [0.717, 1.165) is 47.0 Å². The van der Waals surface area contributed by atoms with Crippen molar-refractivity contribution in [2.75, 3.05) is 19.0 Å². The zero-order chi connectivity index (χ0) is 24.4. The van der Waals surface area contributed by atoms with Crippen LogP contribution in [0.4, 0.5) is 5.00 Å². The van der Waals surface area contributed by atoms with Gasteiger partial charge in [-0.1, -0.05) is 61.2 Å². The fraction of sp³-hybridized carbons (Fsp3) is 0.360. The highest BCUT2D eigenvalue weighted by atomic mass is 32.2. The van der Waals surface area contributed by atoms with E-state index in [9.17, 15) is 14.4 Å². The summed E-state index contributed by atoms with van der Waals surface area (Å²) in [5, 5.41) is 3.45. The van der Waals surface area contributed by atoms with Crippen LogP contribution in [-0.2, 0) is 33.6 Å². The van der Waals surface area contributed by atoms with E-state index in [1.807, 2.05) is 30.3 Å². The number of esters is 1. The number of carbonyl (C=O) groups is 3. The topological polar surface area (TPSA) is 75.7 Å². The third-order valence-corrected chi connectivity index (χ3v) is 8.72. The van der Waals surface area contributed by atoms with Gasteiger partial charge in [-0.25, -0.2) is 4.79 Å². The van der Waals surface area contributed by atoms with Crippen LogP contribution in [0.25, 0.3) is 0 Å². The highest BCUT2D eigenvalue weighted by Crippen LogP contribution is 2.41. The Morgan fingerprint density at radius 2 is 2.00 bits per heavy atom. The van der Waals surface area contributed by atoms with Crippen molar-refractivity contribution in [3.05, 3.63) is 62.4 Å². The van der Waals surface area contributed by atoms with Crippen molar-refractivity contribution in [2.45, 2.75) is 39.5 Å². The van der Waals surface area contributed by atoms with Crippen molar-refractivity contribution < 1.29 is 19.1 Å². The molecule has 1 aromatic heterocycles. The van der Waals surface area contributed by atoms with Gasteiger partial charge in [0.05, 0.1) is 17.1 Å². The first-order valence-corrected chi connectivity index (χ1v) is 13.2. The minimum atomic E-state index is -0.422. The van der Waals surface area contributed by atoms with Gasteiger partial charge in [0, 0.05) is 23.9 Å². The van der Waals surface area contributed by atoms with Crippen molar-refractivity contribution in [3.63, 3.8) is 0 Å². The Balaban J connectivity index is 1.73. The third kappa shape index (κ3) is 4.96. The summed E-state index contributed by atoms with van der Waals surface area (Å²) in [5.41, 5.74) is 2.66. The summed E-state index contributed by atoms with van der Waals surface area (Å²) >= 11 is 7.86. The number of nitrogens with one attached hydrogen (secondary N) is 1. The van der Waals surface area contributed by atoms with Gasteiger partial charge in [0.15, 0.2) is 0 Å². The number of anilines is 1. The van der Waals surface area contributed by atoms with E-state index in [4.69, 9.17) is 17.0 Å². The first kappa shape index (κ1) is 24.6. The smallest absolute Gasteiger partial charge is 0.341 e. The lowest BCUT2D eigenvalue weighted by molar-refractivity contribution is -0.122. The van der Waals surface area contributed by atoms with Crippen LogP contribution in [0.15, 0.2) is 40.8 Å². The third-order valence-electron chi connectivity index (χ3n) is 5.95. The molecule has 0 bridgehead atoms. The molecule has 0 saturated carbocycles. The van der Waals surface area contributed by atoms with Crippen molar-refractivity contribution >= 4 is 62.4 Å². The molecule has 1 aromatic carbocycles. The van der Waals surface area contributed by atoms with E-state index in [2.05, 4.69) is 12.2 Å². The summed E-state index contributed by atoms with van der Waals surface area (Å²) in [6, 6.07) is 9.51. The molecule has 4 rings (SSSR count). The first-order valence-electron chi connectivity index (χ1n) is 11.2. The molecule has 0 spiro atoms. The number of thiophene rings is 1. The van der Waals surface area contributed by atoms with Gasteiger partial charge < -0.3 is 10.1 Å². The summed E-state index contributed by atoms with van der Waals surface area (Å²) in [6.45, 7) is 4.21. The van der Waals surface area contributed by atoms with E-state index in [1.54, 1.807) is 14.0 Å². The molecule has 1 N–H and O–H groups in total. The van der Waals surface area contributed by atoms with Crippen LogP contribution in [-0.4, -0.2) is 40.7 Å². The molecule has 1 atom stereocenters. The number of amides is 2. The number of fused-ring (bicyclic) bond motifs is 1. The second-order valence-electron chi connectivity index (χ2n) is 8.43. The normalized spacial score (nSPS) is 19.1. The van der Waals surface area contributed by atoms with Gasteiger partial charge in [-0.3, -0.25) is 14.5 Å². The molecule has 1 unspecified atom stereocenters. The summed E-state index contributed by atoms with van der Waals surface area (Å²) in [4.78, 5) is 42.2. The second-order valence-corrected chi connectivity index (χ2v) is 11.2. The molecular weight excluding hydrogens is 488 g/mol. The van der Waals surface area contributed by atoms with Gasteiger partial charge in [-0.15, -0.1) is 11.3 Å². The van der Waals surface area contributed by atoms with Crippen LogP contribution in [0.3, 0.4) is 0 Å². The molecule has 2 aliphatic rings. The van der Waals surface area contributed by atoms with Crippen molar-refractivity contribution in [2.24, 2.45) is 5.92 Å². The number of rotatable bonds is 6. The molecule has 1 aliphatic carbocycles. The SMILES string of the molecule is CCOC(=O)c1c(NC(=O)/C(Cc2ccccc2)=C2/SC(=S)N(C)C2=O)sc2c1CCC(C)C2. The lowest BCUT2D eigenvalue weighted by Crippen LogP contribution is -2.25. The van der Waals surface area contributed by atoms with Gasteiger partial charge in [-0.05, 0) is 43.2 Å². The summed E-state index contributed by atoms with van der Waals surface area (Å²) < 4.78 is 5.73. The highest BCUT2D eigenvalue weighted by Gasteiger charge is 2.35. The Hall–Kier alpha value is -2.49. The van der Waals surface area contributed by atoms with Crippen LogP contribution in [0, 0.1) is 5.92 Å². The van der Waals surface area contributed by atoms with Crippen LogP contribution in [0.1, 0.15) is 46.6 Å². The first-order chi connectivity index (χ1) is 16.3. The zero-order valence-corrected chi connectivity index (χ0v) is 21.8. The molecule has 2 amide bonds. The number of likely N-dealkylation sites (N-methyl/N-ethyl adjacent to an activating group) is 1. The minimum Gasteiger partial charge on any atom is -0.462 e. The number of thiocarbonyl (C=S) groups is 1. The van der Waals surface area contributed by atoms with Crippen LogP contribution < -0.4 is 5.32 Å². The Bertz CT molecular complexity index is 1190. The van der Waals surface area contributed by atoms with E-state index < -0.39 is 11.9 Å². The summed E-state index contributed by atoms with van der Waals surface area (Å²) in [6.07, 6.45) is 2.91.